The smallest absolute Gasteiger partial charge is 0.224 e. The number of piperidine rings is 1. The molecule has 3 fully saturated rings. The molecule has 78 heavy (non-hydrogen) atoms. The summed E-state index contributed by atoms with van der Waals surface area (Å²) in [7, 11) is 0. The van der Waals surface area contributed by atoms with Crippen LogP contribution in [-0.2, 0) is 37.0 Å². The van der Waals surface area contributed by atoms with Crippen LogP contribution in [0.3, 0.4) is 0 Å². The van der Waals surface area contributed by atoms with E-state index < -0.39 is 41.0 Å². The van der Waals surface area contributed by atoms with E-state index in [-0.39, 0.29) is 72.2 Å². The summed E-state index contributed by atoms with van der Waals surface area (Å²) in [5.41, 5.74) is 6.29. The Morgan fingerprint density at radius 1 is 0.910 bits per heavy atom. The van der Waals surface area contributed by atoms with Crippen LogP contribution in [-0.4, -0.2) is 124 Å². The number of para-hydroxylation sites is 1. The number of ether oxygens (including phenoxy) is 1. The van der Waals surface area contributed by atoms with Gasteiger partial charge in [-0.3, -0.25) is 34.1 Å². The molecule has 18 heteroatoms. The number of likely N-dealkylation sites (tertiary alicyclic amines) is 1. The number of nitrogens with zero attached hydrogens (tertiary/aromatic N) is 5. The number of morpholine rings is 1. The van der Waals surface area contributed by atoms with Gasteiger partial charge in [-0.1, -0.05) is 82.9 Å². The number of hydrogen-bond donors (Lipinski definition) is 5. The van der Waals surface area contributed by atoms with E-state index in [1.54, 1.807) is 42.4 Å². The topological polar surface area (TPSA) is 202 Å². The number of unbranched alkanes of at least 4 members (excludes halogenated alkanes) is 5. The zero-order chi connectivity index (χ0) is 55.3. The Hall–Kier alpha value is -5.95. The third kappa shape index (κ3) is 15.2. The van der Waals surface area contributed by atoms with E-state index in [0.717, 1.165) is 50.5 Å². The molecule has 5 N–H and O–H groups in total. The lowest BCUT2D eigenvalue weighted by atomic mass is 9.77. The van der Waals surface area contributed by atoms with Gasteiger partial charge in [-0.15, -0.1) is 11.8 Å². The molecular formula is C60H77F2N9O6S. The van der Waals surface area contributed by atoms with Crippen molar-refractivity contribution in [1.29, 1.82) is 5.41 Å². The lowest BCUT2D eigenvalue weighted by Gasteiger charge is -2.33. The van der Waals surface area contributed by atoms with Gasteiger partial charge in [0.05, 0.1) is 71.0 Å². The van der Waals surface area contributed by atoms with E-state index in [4.69, 9.17) is 15.1 Å². The molecule has 4 aromatic rings. The number of nitrogens with one attached hydrogen (secondary N) is 4. The molecule has 1 aromatic heterocycles. The van der Waals surface area contributed by atoms with Crippen molar-refractivity contribution in [2.75, 3.05) is 39.4 Å². The molecule has 0 bridgehead atoms. The Kier molecular flexibility index (Phi) is 20.4. The number of carbonyl (C=O) groups excluding carboxylic acids is 4. The molecule has 15 nitrogen and oxygen atoms in total. The third-order valence-corrected chi connectivity index (χ3v) is 16.9. The standard InChI is InChI=1S/C60H77F2N9O6S/c1-38-57(78-37-67-38)40-18-16-39(17-19-40)33-66-59(76)47-31-44(72)30-46(47)56(75)58(60(2,3)4)69-53(73)14-9-7-5-6-8-10-15-54(74)71-22-20-43(21-23-71)64-34-42(32-63)52-35-65-51-13-11-12-45(55(51)68-52)41-28-49(61)48(50(62)29-41)36-70-24-26-77-27-25-70/h11-13,16-19,28-29,32,34-35,37-38,43-44,46-47,57-58,63-64,72H,5-10,14-15,20-27,30-31,33,36H2,1-4H3,(H,66,76)(H,69,73)/b42-34+,63-32?/t38?,44?,46-,47?,57?,58?/m1/s1. The number of benzene rings is 3. The first-order valence-electron chi connectivity index (χ1n) is 27.9. The summed E-state index contributed by atoms with van der Waals surface area (Å²) >= 11 is 1.70. The van der Waals surface area contributed by atoms with Crippen LogP contribution in [0.1, 0.15) is 132 Å². The molecule has 3 aliphatic heterocycles. The van der Waals surface area contributed by atoms with Crippen LogP contribution in [0.15, 0.2) is 72.0 Å². The van der Waals surface area contributed by atoms with Crippen molar-refractivity contribution in [1.82, 2.24) is 35.7 Å². The van der Waals surface area contributed by atoms with Crippen LogP contribution in [0.5, 0.6) is 0 Å². The highest BCUT2D eigenvalue weighted by molar-refractivity contribution is 8.12. The first-order chi connectivity index (χ1) is 37.6. The van der Waals surface area contributed by atoms with Gasteiger partial charge in [0.15, 0.2) is 5.78 Å². The van der Waals surface area contributed by atoms with Crippen molar-refractivity contribution in [3.8, 4) is 11.1 Å². The molecular weight excluding hydrogens is 1010 g/mol. The van der Waals surface area contributed by atoms with Crippen molar-refractivity contribution in [2.24, 2.45) is 22.2 Å². The Bertz CT molecular complexity index is 2790. The van der Waals surface area contributed by atoms with Crippen molar-refractivity contribution in [3.05, 3.63) is 101 Å². The average Bonchev–Trinajstić information content (AvgIpc) is 4.13. The monoisotopic (exact) mass is 1090 g/mol. The second-order valence-electron chi connectivity index (χ2n) is 22.5. The van der Waals surface area contributed by atoms with Crippen LogP contribution < -0.4 is 16.0 Å². The Labute approximate surface area is 461 Å². The summed E-state index contributed by atoms with van der Waals surface area (Å²) in [5, 5.41) is 28.6. The van der Waals surface area contributed by atoms with Crippen molar-refractivity contribution in [2.45, 2.75) is 147 Å². The number of allylic oxidation sites excluding steroid dienone is 1. The van der Waals surface area contributed by atoms with Gasteiger partial charge in [-0.05, 0) is 85.8 Å². The summed E-state index contributed by atoms with van der Waals surface area (Å²) in [4.78, 5) is 71.9. The average molecular weight is 1090 g/mol. The van der Waals surface area contributed by atoms with E-state index >= 15 is 8.78 Å². The fourth-order valence-corrected chi connectivity index (χ4v) is 12.1. The maximum absolute atomic E-state index is 15.4. The zero-order valence-corrected chi connectivity index (χ0v) is 46.4. The maximum atomic E-state index is 15.4. The number of amides is 3. The highest BCUT2D eigenvalue weighted by atomic mass is 32.2. The molecule has 5 unspecified atom stereocenters. The van der Waals surface area contributed by atoms with Crippen LogP contribution in [0.25, 0.3) is 27.7 Å². The van der Waals surface area contributed by atoms with Gasteiger partial charge in [-0.25, -0.2) is 13.8 Å². The van der Waals surface area contributed by atoms with Crippen molar-refractivity contribution in [3.63, 3.8) is 0 Å². The number of hydrogen-bond acceptors (Lipinski definition) is 13. The molecule has 8 rings (SSSR count). The normalized spacial score (nSPS) is 21.7. The molecule has 4 aliphatic rings. The molecule has 3 aromatic carbocycles. The fourth-order valence-electron chi connectivity index (χ4n) is 11.1. The number of fused-ring (bicyclic) bond motifs is 1. The van der Waals surface area contributed by atoms with E-state index in [9.17, 15) is 24.3 Å². The molecule has 0 radical (unpaired) electrons. The van der Waals surface area contributed by atoms with Gasteiger partial charge >= 0.3 is 0 Å². The first-order valence-corrected chi connectivity index (χ1v) is 28.8. The predicted molar refractivity (Wildman–Crippen MR) is 303 cm³/mol. The van der Waals surface area contributed by atoms with E-state index in [1.807, 2.05) is 48.3 Å². The Morgan fingerprint density at radius 3 is 2.26 bits per heavy atom. The molecule has 2 saturated heterocycles. The summed E-state index contributed by atoms with van der Waals surface area (Å²) < 4.78 is 36.3. The maximum Gasteiger partial charge on any atom is 0.224 e. The summed E-state index contributed by atoms with van der Waals surface area (Å²) in [5.74, 6) is -3.19. The van der Waals surface area contributed by atoms with E-state index in [1.165, 1.54) is 23.9 Å². The van der Waals surface area contributed by atoms with Gasteiger partial charge in [0.2, 0.25) is 17.7 Å². The van der Waals surface area contributed by atoms with Crippen molar-refractivity contribution >= 4 is 63.6 Å². The molecule has 4 heterocycles. The predicted octanol–water partition coefficient (Wildman–Crippen LogP) is 9.11. The van der Waals surface area contributed by atoms with Gasteiger partial charge in [0.1, 0.15) is 11.6 Å². The van der Waals surface area contributed by atoms with Gasteiger partial charge in [0.25, 0.3) is 0 Å². The highest BCUT2D eigenvalue weighted by Gasteiger charge is 2.47. The second-order valence-corrected chi connectivity index (χ2v) is 23.5. The molecule has 418 valence electrons. The number of aliphatic hydroxyl groups excluding tert-OH is 1. The number of aliphatic imine (C=N–C) groups is 1. The minimum absolute atomic E-state index is 0.0216. The minimum atomic E-state index is -0.807. The minimum Gasteiger partial charge on any atom is -0.393 e. The number of Topliss-reactive ketones (excluding diaryl/α,β-unsaturated/α-hetero) is 1. The summed E-state index contributed by atoms with van der Waals surface area (Å²) in [6.45, 7) is 11.8. The number of thioether (sulfide) groups is 1. The number of rotatable bonds is 23. The number of aromatic nitrogens is 2. The van der Waals surface area contributed by atoms with Gasteiger partial charge in [0, 0.05) is 93.2 Å². The SMILES string of the molecule is CC1N=CSC1c1ccc(CNC(=O)C2CC(O)C[C@H]2C(=O)C(NC(=O)CCCCCCCCC(=O)N2CCC(N/C=C(\C=N)c3cnc4cccc(-c5cc(F)c(CN6CCOCC6)c(F)c5)c4n3)CC2)C(C)(C)C)cc1. The fraction of sp³-hybridized carbons (Fsp3) is 0.533. The quantitative estimate of drug-likeness (QED) is 0.0350. The second kappa shape index (κ2) is 27.3. The summed E-state index contributed by atoms with van der Waals surface area (Å²) in [6, 6.07) is 15.6. The Balaban J connectivity index is 0.720. The lowest BCUT2D eigenvalue weighted by Crippen LogP contribution is -2.52. The van der Waals surface area contributed by atoms with Crippen LogP contribution in [0.4, 0.5) is 8.78 Å². The van der Waals surface area contributed by atoms with E-state index in [0.29, 0.717) is 92.2 Å². The zero-order valence-electron chi connectivity index (χ0n) is 45.6. The largest absolute Gasteiger partial charge is 0.393 e. The summed E-state index contributed by atoms with van der Waals surface area (Å²) in [6.07, 6.45) is 11.5. The number of ketones is 1. The lowest BCUT2D eigenvalue weighted by molar-refractivity contribution is -0.137. The molecule has 3 amide bonds. The van der Waals surface area contributed by atoms with Gasteiger partial charge in [-0.2, -0.15) is 0 Å². The Morgan fingerprint density at radius 2 is 1.59 bits per heavy atom. The molecule has 1 aliphatic carbocycles. The van der Waals surface area contributed by atoms with E-state index in [2.05, 4.69) is 45.0 Å². The van der Waals surface area contributed by atoms with Crippen LogP contribution in [0, 0.1) is 34.3 Å². The third-order valence-electron chi connectivity index (χ3n) is 15.7. The van der Waals surface area contributed by atoms with Gasteiger partial charge < -0.3 is 36.1 Å². The number of aliphatic hydroxyl groups is 1. The highest BCUT2D eigenvalue weighted by Crippen LogP contribution is 2.38. The van der Waals surface area contributed by atoms with Crippen molar-refractivity contribution < 1.29 is 37.8 Å². The number of halogens is 2. The first kappa shape index (κ1) is 58.2. The molecule has 0 spiro atoms. The van der Waals surface area contributed by atoms with Crippen LogP contribution >= 0.6 is 11.8 Å². The van der Waals surface area contributed by atoms with Crippen LogP contribution in [0.2, 0.25) is 0 Å². The number of carbonyl (C=O) groups is 4. The molecule has 6 atom stereocenters. The molecule has 1 saturated carbocycles.